The molecule has 0 aliphatic carbocycles. The van der Waals surface area contributed by atoms with Crippen LogP contribution in [0.5, 0.6) is 0 Å². The largest absolute Gasteiger partial charge is 0.361 e. The van der Waals surface area contributed by atoms with Gasteiger partial charge in [-0.3, -0.25) is 4.79 Å². The number of aryl methyl sites for hydroxylation is 1. The Kier molecular flexibility index (Phi) is 8.60. The van der Waals surface area contributed by atoms with Crippen molar-refractivity contribution >= 4 is 16.7 Å². The molecular weight excluding hydrogens is 507 g/mol. The van der Waals surface area contributed by atoms with E-state index in [1.54, 1.807) is 25.9 Å². The number of benzene rings is 1. The van der Waals surface area contributed by atoms with Crippen LogP contribution in [0.3, 0.4) is 0 Å². The second-order valence-electron chi connectivity index (χ2n) is 11.0. The summed E-state index contributed by atoms with van der Waals surface area (Å²) >= 11 is 0. The standard InChI is InChI=1S/C28H38F3N7O/c1-17(2)38-13-10-19(11-14-38)23-16-21-25(34-33-23)27(39)37(6)35-26(21)32-18(3)20-8-7-9-22(24(20)29)28(30,31)12-15-36(4)5/h7-9,16-19H,10-15H2,1-6H3,(H,32,35)/t18-/m1/s1. The van der Waals surface area contributed by atoms with E-state index in [0.29, 0.717) is 17.2 Å². The second-order valence-corrected chi connectivity index (χ2v) is 11.0. The zero-order chi connectivity index (χ0) is 28.5. The number of alkyl halides is 2. The SMILES string of the molecule is CC(C)N1CCC(c2cc3c(N[C@H](C)c4cccc(C(F)(F)CCN(C)C)c4F)nn(C)c(=O)c3nn2)CC1. The highest BCUT2D eigenvalue weighted by Gasteiger charge is 2.35. The van der Waals surface area contributed by atoms with Gasteiger partial charge in [-0.2, -0.15) is 10.2 Å². The fraction of sp³-hybridized carbons (Fsp3) is 0.571. The highest BCUT2D eigenvalue weighted by Crippen LogP contribution is 2.37. The molecule has 1 N–H and O–H groups in total. The maximum Gasteiger partial charge on any atom is 0.295 e. The zero-order valence-corrected chi connectivity index (χ0v) is 23.5. The molecule has 1 aromatic carbocycles. The van der Waals surface area contributed by atoms with Crippen molar-refractivity contribution in [2.24, 2.45) is 7.05 Å². The van der Waals surface area contributed by atoms with E-state index in [0.717, 1.165) is 42.4 Å². The predicted octanol–water partition coefficient (Wildman–Crippen LogP) is 4.67. The summed E-state index contributed by atoms with van der Waals surface area (Å²) in [5.41, 5.74) is -0.00947. The van der Waals surface area contributed by atoms with Crippen molar-refractivity contribution in [3.8, 4) is 0 Å². The number of aromatic nitrogens is 4. The van der Waals surface area contributed by atoms with Crippen molar-refractivity contribution in [2.45, 2.75) is 64.0 Å². The van der Waals surface area contributed by atoms with Crippen molar-refractivity contribution in [1.29, 1.82) is 0 Å². The number of piperidine rings is 1. The lowest BCUT2D eigenvalue weighted by Gasteiger charge is -2.34. The third-order valence-electron chi connectivity index (χ3n) is 7.61. The first-order chi connectivity index (χ1) is 18.4. The molecule has 0 radical (unpaired) electrons. The van der Waals surface area contributed by atoms with Crippen molar-refractivity contribution in [3.05, 3.63) is 57.3 Å². The van der Waals surface area contributed by atoms with E-state index < -0.39 is 35.3 Å². The molecular formula is C28H38F3N7O. The Morgan fingerprint density at radius 1 is 1.15 bits per heavy atom. The van der Waals surface area contributed by atoms with Crippen LogP contribution >= 0.6 is 0 Å². The van der Waals surface area contributed by atoms with Gasteiger partial charge in [0.25, 0.3) is 11.5 Å². The molecule has 8 nitrogen and oxygen atoms in total. The summed E-state index contributed by atoms with van der Waals surface area (Å²) in [4.78, 5) is 16.8. The topological polar surface area (TPSA) is 79.2 Å². The van der Waals surface area contributed by atoms with E-state index in [9.17, 15) is 13.6 Å². The van der Waals surface area contributed by atoms with Crippen LogP contribution in [0.25, 0.3) is 10.9 Å². The van der Waals surface area contributed by atoms with Crippen LogP contribution in [-0.4, -0.2) is 69.5 Å². The highest BCUT2D eigenvalue weighted by atomic mass is 19.3. The molecule has 1 aliphatic heterocycles. The van der Waals surface area contributed by atoms with Crippen LogP contribution in [0.2, 0.25) is 0 Å². The summed E-state index contributed by atoms with van der Waals surface area (Å²) < 4.78 is 46.4. The Morgan fingerprint density at radius 2 is 1.85 bits per heavy atom. The van der Waals surface area contributed by atoms with Gasteiger partial charge in [-0.25, -0.2) is 17.9 Å². The van der Waals surface area contributed by atoms with Gasteiger partial charge >= 0.3 is 0 Å². The van der Waals surface area contributed by atoms with Crippen molar-refractivity contribution in [1.82, 2.24) is 29.8 Å². The average Bonchev–Trinajstić information content (AvgIpc) is 2.90. The summed E-state index contributed by atoms with van der Waals surface area (Å²) in [5.74, 6) is -3.75. The van der Waals surface area contributed by atoms with Gasteiger partial charge in [-0.05, 0) is 66.9 Å². The van der Waals surface area contributed by atoms with Gasteiger partial charge in [-0.15, -0.1) is 5.10 Å². The molecule has 0 spiro atoms. The fourth-order valence-electron chi connectivity index (χ4n) is 5.11. The van der Waals surface area contributed by atoms with Crippen molar-refractivity contribution in [3.63, 3.8) is 0 Å². The Labute approximate surface area is 227 Å². The lowest BCUT2D eigenvalue weighted by molar-refractivity contribution is -0.0221. The lowest BCUT2D eigenvalue weighted by atomic mass is 9.92. The minimum Gasteiger partial charge on any atom is -0.361 e. The maximum absolute atomic E-state index is 15.5. The number of nitrogens with zero attached hydrogens (tertiary/aromatic N) is 6. The highest BCUT2D eigenvalue weighted by molar-refractivity contribution is 5.88. The van der Waals surface area contributed by atoms with E-state index in [1.165, 1.54) is 19.2 Å². The Bertz CT molecular complexity index is 1370. The molecule has 11 heteroatoms. The Morgan fingerprint density at radius 3 is 2.49 bits per heavy atom. The summed E-state index contributed by atoms with van der Waals surface area (Å²) in [7, 11) is 4.90. The number of hydrogen-bond donors (Lipinski definition) is 1. The van der Waals surface area contributed by atoms with E-state index >= 15 is 4.39 Å². The fourth-order valence-corrected chi connectivity index (χ4v) is 5.11. The van der Waals surface area contributed by atoms with Gasteiger partial charge in [-0.1, -0.05) is 18.2 Å². The zero-order valence-electron chi connectivity index (χ0n) is 23.5. The summed E-state index contributed by atoms with van der Waals surface area (Å²) in [6, 6.07) is 5.65. The molecule has 0 bridgehead atoms. The van der Waals surface area contributed by atoms with Gasteiger partial charge in [0.15, 0.2) is 11.3 Å². The van der Waals surface area contributed by atoms with Crippen LogP contribution in [0.1, 0.15) is 68.8 Å². The van der Waals surface area contributed by atoms with Crippen molar-refractivity contribution < 1.29 is 13.2 Å². The van der Waals surface area contributed by atoms with E-state index in [4.69, 9.17) is 0 Å². The Hall–Kier alpha value is -3.05. The smallest absolute Gasteiger partial charge is 0.295 e. The molecule has 1 fully saturated rings. The molecule has 0 amide bonds. The number of likely N-dealkylation sites (tertiary alicyclic amines) is 1. The first-order valence-corrected chi connectivity index (χ1v) is 13.5. The van der Waals surface area contributed by atoms with Crippen LogP contribution in [-0.2, 0) is 13.0 Å². The lowest BCUT2D eigenvalue weighted by Crippen LogP contribution is -2.38. The first-order valence-electron chi connectivity index (χ1n) is 13.5. The normalized spacial score (nSPS) is 16.4. The summed E-state index contributed by atoms with van der Waals surface area (Å²) in [5, 5.41) is 16.6. The number of nitrogens with one attached hydrogen (secondary N) is 1. The van der Waals surface area contributed by atoms with Crippen LogP contribution in [0, 0.1) is 5.82 Å². The van der Waals surface area contributed by atoms with Gasteiger partial charge in [0, 0.05) is 37.5 Å². The molecule has 3 heterocycles. The summed E-state index contributed by atoms with van der Waals surface area (Å²) in [6.45, 7) is 8.07. The van der Waals surface area contributed by atoms with Gasteiger partial charge in [0.1, 0.15) is 5.82 Å². The molecule has 0 saturated carbocycles. The van der Waals surface area contributed by atoms with Crippen LogP contribution < -0.4 is 10.9 Å². The van der Waals surface area contributed by atoms with E-state index in [-0.39, 0.29) is 23.5 Å². The number of rotatable bonds is 9. The third-order valence-corrected chi connectivity index (χ3v) is 7.61. The molecule has 2 aromatic heterocycles. The number of anilines is 1. The quantitative estimate of drug-likeness (QED) is 0.419. The third kappa shape index (κ3) is 6.24. The summed E-state index contributed by atoms with van der Waals surface area (Å²) in [6.07, 6.45) is 1.36. The maximum atomic E-state index is 15.5. The molecule has 1 saturated heterocycles. The van der Waals surface area contributed by atoms with Crippen molar-refractivity contribution in [2.75, 3.05) is 39.0 Å². The van der Waals surface area contributed by atoms with Gasteiger partial charge < -0.3 is 15.1 Å². The molecule has 0 unspecified atom stereocenters. The Balaban J connectivity index is 1.65. The minimum atomic E-state index is -3.32. The van der Waals surface area contributed by atoms with Crippen LogP contribution in [0.15, 0.2) is 29.1 Å². The molecule has 4 rings (SSSR count). The molecule has 1 atom stereocenters. The monoisotopic (exact) mass is 545 g/mol. The van der Waals surface area contributed by atoms with E-state index in [2.05, 4.69) is 39.4 Å². The predicted molar refractivity (Wildman–Crippen MR) is 147 cm³/mol. The van der Waals surface area contributed by atoms with Gasteiger partial charge in [0.05, 0.1) is 22.7 Å². The van der Waals surface area contributed by atoms with Crippen LogP contribution in [0.4, 0.5) is 19.0 Å². The minimum absolute atomic E-state index is 0.0872. The average molecular weight is 546 g/mol. The second kappa shape index (κ2) is 11.6. The molecule has 3 aromatic rings. The number of fused-ring (bicyclic) bond motifs is 1. The van der Waals surface area contributed by atoms with Gasteiger partial charge in [0.2, 0.25) is 0 Å². The molecule has 212 valence electrons. The number of hydrogen-bond acceptors (Lipinski definition) is 7. The van der Waals surface area contributed by atoms with E-state index in [1.807, 2.05) is 6.07 Å². The molecule has 1 aliphatic rings. The molecule has 39 heavy (non-hydrogen) atoms. The first kappa shape index (κ1) is 28.9. The number of halogens is 3.